The molecule has 1 aliphatic heterocycles. The maximum Gasteiger partial charge on any atom is 0.329 e. The van der Waals surface area contributed by atoms with Crippen LogP contribution in [0.25, 0.3) is 0 Å². The van der Waals surface area contributed by atoms with E-state index in [1.165, 1.54) is 6.20 Å². The number of aromatic nitrogens is 2. The molecule has 0 atom stereocenters. The van der Waals surface area contributed by atoms with E-state index in [1.54, 1.807) is 0 Å². The molecule has 1 fully saturated rings. The lowest BCUT2D eigenvalue weighted by Gasteiger charge is -2.27. The summed E-state index contributed by atoms with van der Waals surface area (Å²) in [6.45, 7) is 1.56. The summed E-state index contributed by atoms with van der Waals surface area (Å²) < 4.78 is 0. The maximum absolute atomic E-state index is 10.9. The van der Waals surface area contributed by atoms with Crippen molar-refractivity contribution in [3.63, 3.8) is 0 Å². The summed E-state index contributed by atoms with van der Waals surface area (Å²) in [6, 6.07) is 0. The number of piperidine rings is 1. The largest absolute Gasteiger partial charge is 0.351 e. The third-order valence-electron chi connectivity index (χ3n) is 2.73. The number of rotatable bonds is 3. The Labute approximate surface area is 98.0 Å². The molecular weight excluding hydrogens is 224 g/mol. The molecule has 1 aromatic heterocycles. The van der Waals surface area contributed by atoms with E-state index in [4.69, 9.17) is 5.84 Å². The van der Waals surface area contributed by atoms with Gasteiger partial charge >= 0.3 is 5.69 Å². The quantitative estimate of drug-likeness (QED) is 0.452. The van der Waals surface area contributed by atoms with E-state index in [0.717, 1.165) is 32.4 Å². The maximum atomic E-state index is 10.9. The predicted octanol–water partition coefficient (Wildman–Crippen LogP) is 0.661. The molecule has 0 aromatic carbocycles. The Bertz CT molecular complexity index is 418. The highest BCUT2D eigenvalue weighted by molar-refractivity contribution is 5.58. The third-order valence-corrected chi connectivity index (χ3v) is 2.73. The first-order chi connectivity index (χ1) is 8.22. The number of hydrazine groups is 1. The van der Waals surface area contributed by atoms with Crippen molar-refractivity contribution in [3.05, 3.63) is 16.3 Å². The van der Waals surface area contributed by atoms with E-state index in [0.29, 0.717) is 5.82 Å². The summed E-state index contributed by atoms with van der Waals surface area (Å²) in [6.07, 6.45) is 4.38. The predicted molar refractivity (Wildman–Crippen MR) is 62.6 cm³/mol. The van der Waals surface area contributed by atoms with E-state index >= 15 is 0 Å². The van der Waals surface area contributed by atoms with Crippen LogP contribution in [0.5, 0.6) is 0 Å². The summed E-state index contributed by atoms with van der Waals surface area (Å²) in [4.78, 5) is 20.2. The Morgan fingerprint density at radius 1 is 1.41 bits per heavy atom. The monoisotopic (exact) mass is 238 g/mol. The van der Waals surface area contributed by atoms with Gasteiger partial charge in [-0.25, -0.2) is 10.8 Å². The van der Waals surface area contributed by atoms with Gasteiger partial charge < -0.3 is 4.90 Å². The Kier molecular flexibility index (Phi) is 3.33. The first kappa shape index (κ1) is 11.5. The molecule has 8 nitrogen and oxygen atoms in total. The second-order valence-corrected chi connectivity index (χ2v) is 3.85. The van der Waals surface area contributed by atoms with Gasteiger partial charge in [-0.05, 0) is 19.3 Å². The fraction of sp³-hybridized carbons (Fsp3) is 0.556. The van der Waals surface area contributed by atoms with Crippen LogP contribution in [0.3, 0.4) is 0 Å². The molecule has 2 rings (SSSR count). The number of nitro groups is 1. The molecule has 0 spiro atoms. The van der Waals surface area contributed by atoms with Gasteiger partial charge in [-0.3, -0.25) is 15.5 Å². The van der Waals surface area contributed by atoms with Gasteiger partial charge in [0.05, 0.1) is 4.92 Å². The van der Waals surface area contributed by atoms with Gasteiger partial charge in [0.15, 0.2) is 0 Å². The van der Waals surface area contributed by atoms with Crippen LogP contribution >= 0.6 is 0 Å². The van der Waals surface area contributed by atoms with Crippen molar-refractivity contribution in [1.29, 1.82) is 0 Å². The van der Waals surface area contributed by atoms with E-state index < -0.39 is 4.92 Å². The minimum atomic E-state index is -0.468. The van der Waals surface area contributed by atoms with Crippen LogP contribution < -0.4 is 16.2 Å². The Hall–Kier alpha value is -1.96. The molecule has 0 amide bonds. The standard InChI is InChI=1S/C9H14N6O2/c10-13-9-11-6-7(15(16)17)8(12-9)14-4-2-1-3-5-14/h6H,1-5,10H2,(H,11,12,13). The van der Waals surface area contributed by atoms with Crippen molar-refractivity contribution in [2.75, 3.05) is 23.4 Å². The van der Waals surface area contributed by atoms with Gasteiger partial charge in [-0.15, -0.1) is 0 Å². The average molecular weight is 238 g/mol. The summed E-state index contributed by atoms with van der Waals surface area (Å²) in [5.41, 5.74) is 2.22. The van der Waals surface area contributed by atoms with Gasteiger partial charge in [-0.1, -0.05) is 0 Å². The average Bonchev–Trinajstić information content (AvgIpc) is 2.39. The number of nitrogens with two attached hydrogens (primary N) is 1. The molecule has 2 heterocycles. The van der Waals surface area contributed by atoms with Crippen LogP contribution in [-0.4, -0.2) is 28.0 Å². The van der Waals surface area contributed by atoms with E-state index in [9.17, 15) is 10.1 Å². The van der Waals surface area contributed by atoms with Crippen LogP contribution in [-0.2, 0) is 0 Å². The summed E-state index contributed by atoms with van der Waals surface area (Å²) in [7, 11) is 0. The Morgan fingerprint density at radius 2 is 2.12 bits per heavy atom. The Balaban J connectivity index is 2.36. The molecule has 17 heavy (non-hydrogen) atoms. The van der Waals surface area contributed by atoms with Crippen LogP contribution in [0.15, 0.2) is 6.20 Å². The fourth-order valence-corrected chi connectivity index (χ4v) is 1.90. The van der Waals surface area contributed by atoms with E-state index in [1.807, 2.05) is 4.90 Å². The second kappa shape index (κ2) is 4.91. The molecule has 0 bridgehead atoms. The number of nitrogens with zero attached hydrogens (tertiary/aromatic N) is 4. The minimum absolute atomic E-state index is 0.0779. The SMILES string of the molecule is NNc1ncc([N+](=O)[O-])c(N2CCCCC2)n1. The highest BCUT2D eigenvalue weighted by atomic mass is 16.6. The van der Waals surface area contributed by atoms with Crippen molar-refractivity contribution in [2.45, 2.75) is 19.3 Å². The van der Waals surface area contributed by atoms with Crippen molar-refractivity contribution in [1.82, 2.24) is 9.97 Å². The molecule has 0 saturated carbocycles. The molecule has 92 valence electrons. The zero-order valence-electron chi connectivity index (χ0n) is 9.30. The van der Waals surface area contributed by atoms with Gasteiger partial charge in [0.1, 0.15) is 6.20 Å². The highest BCUT2D eigenvalue weighted by Gasteiger charge is 2.23. The van der Waals surface area contributed by atoms with E-state index in [-0.39, 0.29) is 11.6 Å². The Morgan fingerprint density at radius 3 is 2.71 bits per heavy atom. The minimum Gasteiger partial charge on any atom is -0.351 e. The van der Waals surface area contributed by atoms with Crippen LogP contribution in [0.2, 0.25) is 0 Å². The van der Waals surface area contributed by atoms with Gasteiger partial charge in [-0.2, -0.15) is 4.98 Å². The summed E-state index contributed by atoms with van der Waals surface area (Å²) >= 11 is 0. The van der Waals surface area contributed by atoms with Crippen LogP contribution in [0.4, 0.5) is 17.5 Å². The zero-order valence-corrected chi connectivity index (χ0v) is 9.30. The van der Waals surface area contributed by atoms with Gasteiger partial charge in [0.25, 0.3) is 0 Å². The third kappa shape index (κ3) is 2.41. The molecule has 1 aromatic rings. The smallest absolute Gasteiger partial charge is 0.329 e. The van der Waals surface area contributed by atoms with Gasteiger partial charge in [0.2, 0.25) is 11.8 Å². The lowest BCUT2D eigenvalue weighted by Crippen LogP contribution is -2.31. The van der Waals surface area contributed by atoms with Crippen molar-refractivity contribution in [2.24, 2.45) is 5.84 Å². The lowest BCUT2D eigenvalue weighted by molar-refractivity contribution is -0.384. The number of hydrogen-bond donors (Lipinski definition) is 2. The molecular formula is C9H14N6O2. The van der Waals surface area contributed by atoms with Gasteiger partial charge in [0, 0.05) is 13.1 Å². The van der Waals surface area contributed by atoms with Crippen molar-refractivity contribution in [3.8, 4) is 0 Å². The topological polar surface area (TPSA) is 110 Å². The van der Waals surface area contributed by atoms with E-state index in [2.05, 4.69) is 15.4 Å². The second-order valence-electron chi connectivity index (χ2n) is 3.85. The molecule has 0 unspecified atom stereocenters. The number of nitrogen functional groups attached to an aromatic ring is 1. The first-order valence-electron chi connectivity index (χ1n) is 5.45. The number of hydrogen-bond acceptors (Lipinski definition) is 7. The number of anilines is 2. The molecule has 0 aliphatic carbocycles. The summed E-state index contributed by atoms with van der Waals surface area (Å²) in [5.74, 6) is 5.75. The molecule has 1 saturated heterocycles. The van der Waals surface area contributed by atoms with Crippen molar-refractivity contribution < 1.29 is 4.92 Å². The fourth-order valence-electron chi connectivity index (χ4n) is 1.90. The molecule has 1 aliphatic rings. The molecule has 3 N–H and O–H groups in total. The van der Waals surface area contributed by atoms with Crippen LogP contribution in [0.1, 0.15) is 19.3 Å². The normalized spacial score (nSPS) is 15.7. The number of nitrogens with one attached hydrogen (secondary N) is 1. The molecule has 8 heteroatoms. The lowest BCUT2D eigenvalue weighted by atomic mass is 10.1. The highest BCUT2D eigenvalue weighted by Crippen LogP contribution is 2.28. The molecule has 0 radical (unpaired) electrons. The zero-order chi connectivity index (χ0) is 12.3. The van der Waals surface area contributed by atoms with Crippen LogP contribution in [0, 0.1) is 10.1 Å². The van der Waals surface area contributed by atoms with Crippen molar-refractivity contribution >= 4 is 17.5 Å². The summed E-state index contributed by atoms with van der Waals surface area (Å²) in [5, 5.41) is 10.9. The first-order valence-corrected chi connectivity index (χ1v) is 5.45.